The van der Waals surface area contributed by atoms with Crippen LogP contribution < -0.4 is 0 Å². The molecule has 0 radical (unpaired) electrons. The first-order chi connectivity index (χ1) is 13.8. The predicted molar refractivity (Wildman–Crippen MR) is 106 cm³/mol. The van der Waals surface area contributed by atoms with Gasteiger partial charge in [-0.1, -0.05) is 18.2 Å². The molecule has 0 saturated heterocycles. The Bertz CT molecular complexity index is 1020. The number of carbonyl (C=O) groups excluding carboxylic acids is 1. The van der Waals surface area contributed by atoms with E-state index in [0.717, 1.165) is 42.1 Å². The quantitative estimate of drug-likeness (QED) is 0.626. The molecule has 1 aliphatic carbocycles. The van der Waals surface area contributed by atoms with Gasteiger partial charge in [-0.15, -0.1) is 0 Å². The third-order valence-electron chi connectivity index (χ3n) is 5.42. The van der Waals surface area contributed by atoms with E-state index in [1.165, 1.54) is 0 Å². The molecule has 1 saturated carbocycles. The average molecular weight is 372 g/mol. The lowest BCUT2D eigenvalue weighted by Gasteiger charge is -2.27. The van der Waals surface area contributed by atoms with Gasteiger partial charge in [0.05, 0.1) is 18.2 Å². The van der Waals surface area contributed by atoms with Crippen molar-refractivity contribution in [2.45, 2.75) is 25.3 Å². The molecule has 3 aromatic rings. The van der Waals surface area contributed by atoms with Crippen molar-refractivity contribution in [3.63, 3.8) is 0 Å². The normalized spacial score (nSPS) is 22.9. The molecule has 1 aliphatic heterocycles. The van der Waals surface area contributed by atoms with Crippen molar-refractivity contribution in [1.29, 1.82) is 0 Å². The number of furan rings is 2. The second-order valence-corrected chi connectivity index (χ2v) is 7.14. The first-order valence-electron chi connectivity index (χ1n) is 9.56. The number of amides is 1. The van der Waals surface area contributed by atoms with Gasteiger partial charge in [-0.25, -0.2) is 5.01 Å². The number of hydrazone groups is 1. The van der Waals surface area contributed by atoms with E-state index in [0.29, 0.717) is 5.56 Å². The Morgan fingerprint density at radius 3 is 2.61 bits per heavy atom. The summed E-state index contributed by atoms with van der Waals surface area (Å²) in [5, 5.41) is 6.42. The Labute approximate surface area is 163 Å². The maximum atomic E-state index is 13.3. The van der Waals surface area contributed by atoms with E-state index in [1.54, 1.807) is 17.5 Å². The largest absolute Gasteiger partial charge is 0.467 e. The summed E-state index contributed by atoms with van der Waals surface area (Å²) >= 11 is 0. The van der Waals surface area contributed by atoms with Crippen LogP contribution in [0.4, 0.5) is 0 Å². The van der Waals surface area contributed by atoms with Crippen molar-refractivity contribution in [2.75, 3.05) is 0 Å². The molecule has 1 fully saturated rings. The molecule has 5 heteroatoms. The predicted octanol–water partition coefficient (Wildman–Crippen LogP) is 5.31. The number of hydrogen-bond acceptors (Lipinski definition) is 4. The highest BCUT2D eigenvalue weighted by Crippen LogP contribution is 2.45. The third-order valence-corrected chi connectivity index (χ3v) is 5.42. The Morgan fingerprint density at radius 2 is 1.86 bits per heavy atom. The van der Waals surface area contributed by atoms with E-state index in [4.69, 9.17) is 13.9 Å². The summed E-state index contributed by atoms with van der Waals surface area (Å²) in [6.07, 6.45) is 8.30. The second kappa shape index (κ2) is 7.00. The van der Waals surface area contributed by atoms with Gasteiger partial charge < -0.3 is 8.83 Å². The number of hydrogen-bond donors (Lipinski definition) is 0. The Kier molecular flexibility index (Phi) is 4.20. The summed E-state index contributed by atoms with van der Waals surface area (Å²) in [5.74, 6) is 1.59. The second-order valence-electron chi connectivity index (χ2n) is 7.14. The van der Waals surface area contributed by atoms with Crippen molar-refractivity contribution in [3.8, 4) is 0 Å². The Hall–Kier alpha value is -3.34. The highest BCUT2D eigenvalue weighted by molar-refractivity contribution is 6.09. The molecule has 2 aliphatic rings. The fourth-order valence-corrected chi connectivity index (χ4v) is 4.16. The fraction of sp³-hybridized carbons (Fsp3) is 0.217. The zero-order chi connectivity index (χ0) is 18.9. The van der Waals surface area contributed by atoms with Crippen LogP contribution in [0.1, 0.15) is 47.2 Å². The molecular weight excluding hydrogens is 352 g/mol. The van der Waals surface area contributed by atoms with Crippen LogP contribution in [0.3, 0.4) is 0 Å². The minimum absolute atomic E-state index is 0.110. The van der Waals surface area contributed by atoms with Crippen molar-refractivity contribution in [2.24, 2.45) is 11.0 Å². The summed E-state index contributed by atoms with van der Waals surface area (Å²) in [5.41, 5.74) is 2.72. The zero-order valence-corrected chi connectivity index (χ0v) is 15.3. The molecule has 1 amide bonds. The molecule has 0 spiro atoms. The van der Waals surface area contributed by atoms with E-state index < -0.39 is 0 Å². The van der Waals surface area contributed by atoms with Crippen molar-refractivity contribution < 1.29 is 13.6 Å². The van der Waals surface area contributed by atoms with Gasteiger partial charge in [-0.2, -0.15) is 5.10 Å². The van der Waals surface area contributed by atoms with E-state index in [1.807, 2.05) is 60.7 Å². The minimum atomic E-state index is -0.224. The highest BCUT2D eigenvalue weighted by atomic mass is 16.3. The number of allylic oxidation sites excluding steroid dienone is 1. The first-order valence-corrected chi connectivity index (χ1v) is 9.56. The van der Waals surface area contributed by atoms with E-state index in [2.05, 4.69) is 0 Å². The summed E-state index contributed by atoms with van der Waals surface area (Å²) < 4.78 is 11.2. The van der Waals surface area contributed by atoms with Crippen LogP contribution >= 0.6 is 0 Å². The molecule has 2 atom stereocenters. The van der Waals surface area contributed by atoms with Crippen LogP contribution in [-0.4, -0.2) is 16.6 Å². The van der Waals surface area contributed by atoms with Gasteiger partial charge in [-0.3, -0.25) is 4.79 Å². The summed E-state index contributed by atoms with van der Waals surface area (Å²) in [4.78, 5) is 13.3. The highest BCUT2D eigenvalue weighted by Gasteiger charge is 2.45. The van der Waals surface area contributed by atoms with Crippen molar-refractivity contribution >= 4 is 17.7 Å². The third kappa shape index (κ3) is 2.89. The lowest BCUT2D eigenvalue weighted by molar-refractivity contribution is 0.0656. The fourth-order valence-electron chi connectivity index (χ4n) is 4.16. The molecule has 0 N–H and O–H groups in total. The number of benzene rings is 1. The van der Waals surface area contributed by atoms with Gasteiger partial charge in [0, 0.05) is 11.5 Å². The Morgan fingerprint density at radius 1 is 1.04 bits per heavy atom. The van der Waals surface area contributed by atoms with Gasteiger partial charge in [0.2, 0.25) is 0 Å². The number of carbonyl (C=O) groups is 1. The van der Waals surface area contributed by atoms with Crippen molar-refractivity contribution in [1.82, 2.24) is 5.01 Å². The van der Waals surface area contributed by atoms with Crippen LogP contribution in [0.2, 0.25) is 0 Å². The van der Waals surface area contributed by atoms with Crippen LogP contribution in [-0.2, 0) is 0 Å². The van der Waals surface area contributed by atoms with Crippen molar-refractivity contribution in [3.05, 3.63) is 89.8 Å². The van der Waals surface area contributed by atoms with E-state index in [9.17, 15) is 4.79 Å². The number of rotatable bonds is 3. The smallest absolute Gasteiger partial charge is 0.274 e. The first kappa shape index (κ1) is 16.8. The van der Waals surface area contributed by atoms with Gasteiger partial charge in [-0.05, 0) is 67.3 Å². The Balaban J connectivity index is 1.57. The van der Waals surface area contributed by atoms with Crippen LogP contribution in [0.15, 0.2) is 86.6 Å². The average Bonchev–Trinajstić information content (AvgIpc) is 3.48. The molecule has 3 heterocycles. The number of fused-ring (bicyclic) bond motifs is 1. The minimum Gasteiger partial charge on any atom is -0.467 e. The lowest BCUT2D eigenvalue weighted by atomic mass is 9.79. The topological polar surface area (TPSA) is 59.0 Å². The summed E-state index contributed by atoms with van der Waals surface area (Å²) in [6, 6.07) is 16.7. The maximum absolute atomic E-state index is 13.3. The maximum Gasteiger partial charge on any atom is 0.274 e. The van der Waals surface area contributed by atoms with Gasteiger partial charge in [0.25, 0.3) is 5.91 Å². The lowest BCUT2D eigenvalue weighted by Crippen LogP contribution is -2.31. The van der Waals surface area contributed by atoms with Gasteiger partial charge in [0.1, 0.15) is 17.6 Å². The summed E-state index contributed by atoms with van der Waals surface area (Å²) in [6.45, 7) is 0. The SMILES string of the molecule is O=C(c1ccccc1)N1N=C2/C(=C/c3ccco3)CCC[C@H]2[C@H]1c1ccco1. The molecule has 0 bridgehead atoms. The standard InChI is InChI=1S/C23H20N2O3/c26-23(16-7-2-1-3-8-16)25-22(20-12-6-14-28-20)19-11-4-9-17(21(19)24-25)15-18-10-5-13-27-18/h1-3,5-8,10,12-15,19,22H,4,9,11H2/b17-15+/t19-,22+/m1/s1. The zero-order valence-electron chi connectivity index (χ0n) is 15.3. The monoisotopic (exact) mass is 372 g/mol. The van der Waals surface area contributed by atoms with Crippen LogP contribution in [0, 0.1) is 5.92 Å². The van der Waals surface area contributed by atoms with Gasteiger partial charge in [0.15, 0.2) is 0 Å². The van der Waals surface area contributed by atoms with E-state index >= 15 is 0 Å². The molecule has 5 rings (SSSR count). The molecule has 28 heavy (non-hydrogen) atoms. The summed E-state index contributed by atoms with van der Waals surface area (Å²) in [7, 11) is 0. The molecule has 140 valence electrons. The molecule has 5 nitrogen and oxygen atoms in total. The molecule has 2 aromatic heterocycles. The molecule has 0 unspecified atom stereocenters. The molecular formula is C23H20N2O3. The van der Waals surface area contributed by atoms with Crippen LogP contribution in [0.25, 0.3) is 6.08 Å². The molecule has 1 aromatic carbocycles. The van der Waals surface area contributed by atoms with Crippen LogP contribution in [0.5, 0.6) is 0 Å². The number of nitrogens with zero attached hydrogens (tertiary/aromatic N) is 2. The van der Waals surface area contributed by atoms with E-state index in [-0.39, 0.29) is 17.9 Å². The van der Waals surface area contributed by atoms with Gasteiger partial charge >= 0.3 is 0 Å².